The molecule has 2 rings (SSSR count). The van der Waals surface area contributed by atoms with Crippen LogP contribution in [0.25, 0.3) is 0 Å². The first-order valence-electron chi connectivity index (χ1n) is 6.54. The van der Waals surface area contributed by atoms with Crippen LogP contribution >= 0.6 is 15.9 Å². The Morgan fingerprint density at radius 1 is 1.43 bits per heavy atom. The summed E-state index contributed by atoms with van der Waals surface area (Å²) in [7, 11) is 1.67. The van der Waals surface area contributed by atoms with Crippen molar-refractivity contribution in [3.8, 4) is 0 Å². The molecule has 2 atom stereocenters. The van der Waals surface area contributed by atoms with Crippen molar-refractivity contribution >= 4 is 27.9 Å². The van der Waals surface area contributed by atoms with Crippen molar-refractivity contribution in [2.45, 2.75) is 12.6 Å². The summed E-state index contributed by atoms with van der Waals surface area (Å²) in [4.78, 5) is 24.7. The largest absolute Gasteiger partial charge is 0.481 e. The summed E-state index contributed by atoms with van der Waals surface area (Å²) in [5.41, 5.74) is 0.979. The third kappa shape index (κ3) is 3.95. The maximum Gasteiger partial charge on any atom is 0.317 e. The lowest BCUT2D eigenvalue weighted by Gasteiger charge is -2.22. The molecule has 0 aliphatic carbocycles. The summed E-state index contributed by atoms with van der Waals surface area (Å²) < 4.78 is 6.06. The molecule has 0 aromatic heterocycles. The van der Waals surface area contributed by atoms with E-state index < -0.39 is 17.9 Å². The van der Waals surface area contributed by atoms with Crippen LogP contribution in [0.5, 0.6) is 0 Å². The highest BCUT2D eigenvalue weighted by Crippen LogP contribution is 2.18. The van der Waals surface area contributed by atoms with Gasteiger partial charge < -0.3 is 20.1 Å². The fourth-order valence-electron chi connectivity index (χ4n) is 2.16. The van der Waals surface area contributed by atoms with E-state index in [2.05, 4.69) is 21.2 Å². The van der Waals surface area contributed by atoms with E-state index >= 15 is 0 Å². The second-order valence-corrected chi connectivity index (χ2v) is 5.84. The predicted molar refractivity (Wildman–Crippen MR) is 79.9 cm³/mol. The highest BCUT2D eigenvalue weighted by atomic mass is 79.9. The van der Waals surface area contributed by atoms with Crippen LogP contribution in [0.15, 0.2) is 28.7 Å². The summed E-state index contributed by atoms with van der Waals surface area (Å²) in [6, 6.07) is 6.83. The number of urea groups is 1. The van der Waals surface area contributed by atoms with Crippen molar-refractivity contribution in [2.24, 2.45) is 5.92 Å². The fraction of sp³-hybridized carbons (Fsp3) is 0.429. The minimum absolute atomic E-state index is 0.133. The summed E-state index contributed by atoms with van der Waals surface area (Å²) in [5, 5.41) is 11.8. The predicted octanol–water partition coefficient (Wildman–Crippen LogP) is 1.69. The maximum absolute atomic E-state index is 12.1. The van der Waals surface area contributed by atoms with E-state index in [1.807, 2.05) is 24.3 Å². The van der Waals surface area contributed by atoms with Crippen molar-refractivity contribution in [1.82, 2.24) is 10.2 Å². The van der Waals surface area contributed by atoms with Gasteiger partial charge in [-0.15, -0.1) is 0 Å². The number of nitrogens with zero attached hydrogens (tertiary/aromatic N) is 1. The molecule has 114 valence electrons. The number of carboxylic acid groups (broad SMARTS) is 1. The van der Waals surface area contributed by atoms with Gasteiger partial charge in [0.25, 0.3) is 0 Å². The van der Waals surface area contributed by atoms with E-state index in [4.69, 9.17) is 9.84 Å². The van der Waals surface area contributed by atoms with E-state index in [0.29, 0.717) is 6.54 Å². The Morgan fingerprint density at radius 3 is 2.81 bits per heavy atom. The third-order valence-electron chi connectivity index (χ3n) is 3.42. The van der Waals surface area contributed by atoms with Crippen LogP contribution in [-0.4, -0.2) is 48.3 Å². The molecule has 1 aliphatic rings. The number of amides is 2. The highest BCUT2D eigenvalue weighted by Gasteiger charge is 2.35. The number of hydrogen-bond donors (Lipinski definition) is 2. The molecule has 1 aliphatic heterocycles. The van der Waals surface area contributed by atoms with Crippen LogP contribution < -0.4 is 5.32 Å². The van der Waals surface area contributed by atoms with Crippen molar-refractivity contribution in [1.29, 1.82) is 0 Å². The molecular weight excluding hydrogens is 340 g/mol. The molecule has 0 bridgehead atoms. The van der Waals surface area contributed by atoms with E-state index in [1.54, 1.807) is 7.05 Å². The second-order valence-electron chi connectivity index (χ2n) is 4.99. The first-order valence-corrected chi connectivity index (χ1v) is 7.34. The first-order chi connectivity index (χ1) is 9.99. The molecule has 2 amide bonds. The smallest absolute Gasteiger partial charge is 0.317 e. The number of ether oxygens (including phenoxy) is 1. The Kier molecular flexibility index (Phi) is 5.19. The summed E-state index contributed by atoms with van der Waals surface area (Å²) in [6.07, 6.45) is 0. The fourth-order valence-corrected chi connectivity index (χ4v) is 2.57. The molecule has 0 spiro atoms. The number of benzene rings is 1. The van der Waals surface area contributed by atoms with Gasteiger partial charge in [0.1, 0.15) is 5.92 Å². The van der Waals surface area contributed by atoms with Crippen LogP contribution in [0.2, 0.25) is 0 Å². The van der Waals surface area contributed by atoms with Crippen LogP contribution in [0, 0.1) is 5.92 Å². The average molecular weight is 357 g/mol. The van der Waals surface area contributed by atoms with Crippen molar-refractivity contribution in [3.63, 3.8) is 0 Å². The molecule has 2 N–H and O–H groups in total. The van der Waals surface area contributed by atoms with Gasteiger partial charge in [0.15, 0.2) is 0 Å². The van der Waals surface area contributed by atoms with Crippen LogP contribution in [-0.2, 0) is 16.1 Å². The lowest BCUT2D eigenvalue weighted by molar-refractivity contribution is -0.142. The molecule has 7 heteroatoms. The van der Waals surface area contributed by atoms with Gasteiger partial charge in [0.2, 0.25) is 0 Å². The van der Waals surface area contributed by atoms with E-state index in [1.165, 1.54) is 4.90 Å². The van der Waals surface area contributed by atoms with Crippen LogP contribution in [0.1, 0.15) is 5.56 Å². The summed E-state index contributed by atoms with van der Waals surface area (Å²) in [6.45, 7) is 0.790. The standard InChI is InChI=1S/C14H17BrN2O4/c1-17(6-9-4-2-3-5-11(9)15)14(20)16-12-8-21-7-10(12)13(18)19/h2-5,10,12H,6-8H2,1H3,(H,16,20)(H,18,19). The number of rotatable bonds is 4. The molecule has 1 fully saturated rings. The minimum Gasteiger partial charge on any atom is -0.481 e. The van der Waals surface area contributed by atoms with Gasteiger partial charge in [-0.2, -0.15) is 0 Å². The molecule has 21 heavy (non-hydrogen) atoms. The first kappa shape index (κ1) is 15.8. The maximum atomic E-state index is 12.1. The lowest BCUT2D eigenvalue weighted by Crippen LogP contribution is -2.47. The molecule has 0 saturated carbocycles. The molecule has 6 nitrogen and oxygen atoms in total. The minimum atomic E-state index is -0.953. The number of carboxylic acids is 1. The van der Waals surface area contributed by atoms with Crippen molar-refractivity contribution in [3.05, 3.63) is 34.3 Å². The number of carbonyl (C=O) groups is 2. The van der Waals surface area contributed by atoms with Gasteiger partial charge in [-0.3, -0.25) is 4.79 Å². The Balaban J connectivity index is 1.94. The Labute approximate surface area is 131 Å². The zero-order valence-electron chi connectivity index (χ0n) is 11.6. The number of carbonyl (C=O) groups excluding carboxylic acids is 1. The molecule has 1 heterocycles. The molecule has 1 aromatic carbocycles. The van der Waals surface area contributed by atoms with Gasteiger partial charge in [-0.25, -0.2) is 4.79 Å². The number of hydrogen-bond acceptors (Lipinski definition) is 3. The van der Waals surface area contributed by atoms with Gasteiger partial charge in [-0.05, 0) is 11.6 Å². The van der Waals surface area contributed by atoms with Gasteiger partial charge in [-0.1, -0.05) is 34.1 Å². The molecular formula is C14H17BrN2O4. The molecule has 0 radical (unpaired) electrons. The van der Waals surface area contributed by atoms with E-state index in [9.17, 15) is 9.59 Å². The zero-order chi connectivity index (χ0) is 15.4. The SMILES string of the molecule is CN(Cc1ccccc1Br)C(=O)NC1COCC1C(=O)O. The zero-order valence-corrected chi connectivity index (χ0v) is 13.2. The number of nitrogens with one attached hydrogen (secondary N) is 1. The number of halogens is 1. The highest BCUT2D eigenvalue weighted by molar-refractivity contribution is 9.10. The quantitative estimate of drug-likeness (QED) is 0.860. The summed E-state index contributed by atoms with van der Waals surface area (Å²) in [5.74, 6) is -1.64. The Morgan fingerprint density at radius 2 is 2.14 bits per heavy atom. The Bertz CT molecular complexity index is 537. The van der Waals surface area contributed by atoms with Gasteiger partial charge in [0.05, 0.1) is 19.3 Å². The van der Waals surface area contributed by atoms with Crippen LogP contribution in [0.3, 0.4) is 0 Å². The van der Waals surface area contributed by atoms with Gasteiger partial charge in [0, 0.05) is 18.1 Å². The second kappa shape index (κ2) is 6.91. The van der Waals surface area contributed by atoms with E-state index in [0.717, 1.165) is 10.0 Å². The van der Waals surface area contributed by atoms with E-state index in [-0.39, 0.29) is 19.2 Å². The monoisotopic (exact) mass is 356 g/mol. The third-order valence-corrected chi connectivity index (χ3v) is 4.19. The van der Waals surface area contributed by atoms with Crippen molar-refractivity contribution in [2.75, 3.05) is 20.3 Å². The Hall–Kier alpha value is -1.60. The number of aliphatic carboxylic acids is 1. The average Bonchev–Trinajstić information content (AvgIpc) is 2.89. The van der Waals surface area contributed by atoms with Gasteiger partial charge >= 0.3 is 12.0 Å². The molecule has 2 unspecified atom stereocenters. The van der Waals surface area contributed by atoms with Crippen molar-refractivity contribution < 1.29 is 19.4 Å². The lowest BCUT2D eigenvalue weighted by atomic mass is 10.0. The molecule has 1 saturated heterocycles. The molecule has 1 aromatic rings. The normalized spacial score (nSPS) is 21.0. The van der Waals surface area contributed by atoms with Crippen LogP contribution in [0.4, 0.5) is 4.79 Å². The topological polar surface area (TPSA) is 78.9 Å². The summed E-state index contributed by atoms with van der Waals surface area (Å²) >= 11 is 3.43.